The van der Waals surface area contributed by atoms with E-state index in [9.17, 15) is 0 Å². The minimum absolute atomic E-state index is 0.566. The molecule has 0 atom stereocenters. The van der Waals surface area contributed by atoms with Crippen LogP contribution in [-0.4, -0.2) is 16.6 Å². The van der Waals surface area contributed by atoms with Crippen molar-refractivity contribution in [2.45, 2.75) is 20.4 Å². The van der Waals surface area contributed by atoms with Crippen LogP contribution in [0, 0.1) is 6.92 Å². The molecule has 5 nitrogen and oxygen atoms in total. The predicted molar refractivity (Wildman–Crippen MR) is 106 cm³/mol. The summed E-state index contributed by atoms with van der Waals surface area (Å²) in [6, 6.07) is 17.4. The van der Waals surface area contributed by atoms with Crippen LogP contribution in [0.5, 0.6) is 5.75 Å². The predicted octanol–water partition coefficient (Wildman–Crippen LogP) is 5.19. The Kier molecular flexibility index (Phi) is 5.92. The van der Waals surface area contributed by atoms with Crippen LogP contribution in [0.4, 0.5) is 17.5 Å². The van der Waals surface area contributed by atoms with Gasteiger partial charge in [0.25, 0.3) is 0 Å². The van der Waals surface area contributed by atoms with Crippen LogP contribution in [0.3, 0.4) is 0 Å². The second-order valence-corrected chi connectivity index (χ2v) is 6.19. The van der Waals surface area contributed by atoms with Gasteiger partial charge in [-0.25, -0.2) is 4.98 Å². The lowest BCUT2D eigenvalue weighted by molar-refractivity contribution is 0.342. The first-order valence-electron chi connectivity index (χ1n) is 8.47. The second kappa shape index (κ2) is 8.54. The van der Waals surface area contributed by atoms with Gasteiger partial charge < -0.3 is 15.4 Å². The van der Waals surface area contributed by atoms with E-state index in [4.69, 9.17) is 16.3 Å². The number of anilines is 3. The number of ether oxygens (including phenoxy) is 1. The summed E-state index contributed by atoms with van der Waals surface area (Å²) < 4.78 is 5.65. The van der Waals surface area contributed by atoms with Crippen LogP contribution in [0.2, 0.25) is 5.02 Å². The fourth-order valence-electron chi connectivity index (χ4n) is 2.48. The van der Waals surface area contributed by atoms with Crippen molar-refractivity contribution in [2.75, 3.05) is 17.2 Å². The smallest absolute Gasteiger partial charge is 0.225 e. The van der Waals surface area contributed by atoms with Gasteiger partial charge in [0.2, 0.25) is 5.95 Å². The standard InChI is InChI=1S/C20H21ClN4O/c1-3-26-18-7-5-4-6-17(18)24-19-12-14(2)23-20(25-19)22-13-15-8-10-16(21)11-9-15/h4-12H,3,13H2,1-2H3,(H2,22,23,24,25). The minimum Gasteiger partial charge on any atom is -0.492 e. The Morgan fingerprint density at radius 2 is 1.81 bits per heavy atom. The highest BCUT2D eigenvalue weighted by Gasteiger charge is 2.07. The van der Waals surface area contributed by atoms with E-state index in [0.717, 1.165) is 27.7 Å². The van der Waals surface area contributed by atoms with Gasteiger partial charge in [-0.2, -0.15) is 4.98 Å². The molecular formula is C20H21ClN4O. The lowest BCUT2D eigenvalue weighted by Gasteiger charge is -2.13. The van der Waals surface area contributed by atoms with Crippen molar-refractivity contribution >= 4 is 29.1 Å². The molecule has 6 heteroatoms. The van der Waals surface area contributed by atoms with Crippen LogP contribution in [0.1, 0.15) is 18.2 Å². The number of nitrogens with zero attached hydrogens (tertiary/aromatic N) is 2. The maximum Gasteiger partial charge on any atom is 0.225 e. The van der Waals surface area contributed by atoms with E-state index in [1.54, 1.807) is 0 Å². The normalized spacial score (nSPS) is 10.4. The zero-order valence-electron chi connectivity index (χ0n) is 14.8. The molecule has 0 aliphatic carbocycles. The number of aryl methyl sites for hydroxylation is 1. The third-order valence-electron chi connectivity index (χ3n) is 3.67. The lowest BCUT2D eigenvalue weighted by atomic mass is 10.2. The van der Waals surface area contributed by atoms with Crippen LogP contribution < -0.4 is 15.4 Å². The molecule has 0 saturated heterocycles. The summed E-state index contributed by atoms with van der Waals surface area (Å²) in [5, 5.41) is 7.28. The topological polar surface area (TPSA) is 59.1 Å². The number of hydrogen-bond donors (Lipinski definition) is 2. The number of para-hydroxylation sites is 2. The van der Waals surface area contributed by atoms with Crippen molar-refractivity contribution < 1.29 is 4.74 Å². The van der Waals surface area contributed by atoms with Gasteiger partial charge in [-0.3, -0.25) is 0 Å². The number of hydrogen-bond acceptors (Lipinski definition) is 5. The Morgan fingerprint density at radius 1 is 1.04 bits per heavy atom. The third kappa shape index (κ3) is 4.86. The highest BCUT2D eigenvalue weighted by atomic mass is 35.5. The van der Waals surface area contributed by atoms with E-state index in [1.165, 1.54) is 0 Å². The Labute approximate surface area is 158 Å². The first-order chi connectivity index (χ1) is 12.6. The maximum absolute atomic E-state index is 5.92. The first kappa shape index (κ1) is 18.0. The molecule has 0 amide bonds. The molecule has 0 aliphatic rings. The fourth-order valence-corrected chi connectivity index (χ4v) is 2.61. The maximum atomic E-state index is 5.92. The SMILES string of the molecule is CCOc1ccccc1Nc1cc(C)nc(NCc2ccc(Cl)cc2)n1. The number of rotatable bonds is 7. The molecule has 1 heterocycles. The van der Waals surface area contributed by atoms with Crippen molar-refractivity contribution in [2.24, 2.45) is 0 Å². The Balaban J connectivity index is 1.74. The monoisotopic (exact) mass is 368 g/mol. The van der Waals surface area contributed by atoms with Crippen molar-refractivity contribution in [1.82, 2.24) is 9.97 Å². The van der Waals surface area contributed by atoms with E-state index in [0.29, 0.717) is 24.9 Å². The number of nitrogens with one attached hydrogen (secondary N) is 2. The van der Waals surface area contributed by atoms with Gasteiger partial charge in [0.05, 0.1) is 12.3 Å². The molecular weight excluding hydrogens is 348 g/mol. The number of halogens is 1. The third-order valence-corrected chi connectivity index (χ3v) is 3.92. The molecule has 0 spiro atoms. The van der Waals surface area contributed by atoms with Gasteiger partial charge in [-0.15, -0.1) is 0 Å². The van der Waals surface area contributed by atoms with Gasteiger partial charge in [0.15, 0.2) is 0 Å². The molecule has 3 aromatic rings. The minimum atomic E-state index is 0.566. The largest absolute Gasteiger partial charge is 0.492 e. The molecule has 0 fully saturated rings. The second-order valence-electron chi connectivity index (χ2n) is 5.75. The van der Waals surface area contributed by atoms with Crippen LogP contribution >= 0.6 is 11.6 Å². The zero-order chi connectivity index (χ0) is 18.4. The van der Waals surface area contributed by atoms with Gasteiger partial charge in [-0.1, -0.05) is 35.9 Å². The average Bonchev–Trinajstić information content (AvgIpc) is 2.63. The average molecular weight is 369 g/mol. The lowest BCUT2D eigenvalue weighted by Crippen LogP contribution is -2.06. The molecule has 0 unspecified atom stereocenters. The summed E-state index contributed by atoms with van der Waals surface area (Å²) in [4.78, 5) is 9.00. The van der Waals surface area contributed by atoms with Gasteiger partial charge in [-0.05, 0) is 43.7 Å². The molecule has 2 N–H and O–H groups in total. The molecule has 134 valence electrons. The van der Waals surface area contributed by atoms with Crippen molar-refractivity contribution in [3.63, 3.8) is 0 Å². The first-order valence-corrected chi connectivity index (χ1v) is 8.84. The molecule has 1 aromatic heterocycles. The molecule has 0 radical (unpaired) electrons. The quantitative estimate of drug-likeness (QED) is 0.600. The summed E-state index contributed by atoms with van der Waals surface area (Å²) >= 11 is 5.92. The zero-order valence-corrected chi connectivity index (χ0v) is 15.5. The number of benzene rings is 2. The highest BCUT2D eigenvalue weighted by Crippen LogP contribution is 2.27. The molecule has 2 aromatic carbocycles. The Hall–Kier alpha value is -2.79. The van der Waals surface area contributed by atoms with Crippen LogP contribution in [0.25, 0.3) is 0 Å². The van der Waals surface area contributed by atoms with Gasteiger partial charge in [0.1, 0.15) is 11.6 Å². The molecule has 26 heavy (non-hydrogen) atoms. The van der Waals surface area contributed by atoms with Crippen molar-refractivity contribution in [3.05, 3.63) is 70.9 Å². The van der Waals surface area contributed by atoms with Crippen LogP contribution in [-0.2, 0) is 6.54 Å². The summed E-state index contributed by atoms with van der Waals surface area (Å²) in [6.45, 7) is 5.13. The van der Waals surface area contributed by atoms with Crippen LogP contribution in [0.15, 0.2) is 54.6 Å². The molecule has 0 bridgehead atoms. The van der Waals surface area contributed by atoms with E-state index >= 15 is 0 Å². The summed E-state index contributed by atoms with van der Waals surface area (Å²) in [5.74, 6) is 2.07. The number of aromatic nitrogens is 2. The van der Waals surface area contributed by atoms with Crippen molar-refractivity contribution in [1.29, 1.82) is 0 Å². The fraction of sp³-hybridized carbons (Fsp3) is 0.200. The van der Waals surface area contributed by atoms with E-state index in [-0.39, 0.29) is 0 Å². The summed E-state index contributed by atoms with van der Waals surface area (Å²) in [5.41, 5.74) is 2.85. The molecule has 0 saturated carbocycles. The Morgan fingerprint density at radius 3 is 2.58 bits per heavy atom. The van der Waals surface area contributed by atoms with E-state index in [2.05, 4.69) is 20.6 Å². The Bertz CT molecular complexity index is 868. The molecule has 0 aliphatic heterocycles. The van der Waals surface area contributed by atoms with E-state index < -0.39 is 0 Å². The molecule has 3 rings (SSSR count). The van der Waals surface area contributed by atoms with Gasteiger partial charge >= 0.3 is 0 Å². The van der Waals surface area contributed by atoms with Crippen molar-refractivity contribution in [3.8, 4) is 5.75 Å². The van der Waals surface area contributed by atoms with Gasteiger partial charge in [0, 0.05) is 23.3 Å². The summed E-state index contributed by atoms with van der Waals surface area (Å²) in [6.07, 6.45) is 0. The summed E-state index contributed by atoms with van der Waals surface area (Å²) in [7, 11) is 0. The highest BCUT2D eigenvalue weighted by molar-refractivity contribution is 6.30. The van der Waals surface area contributed by atoms with E-state index in [1.807, 2.05) is 68.4 Å².